The zero-order valence-corrected chi connectivity index (χ0v) is 16.8. The van der Waals surface area contributed by atoms with E-state index in [0.717, 1.165) is 37.2 Å². The van der Waals surface area contributed by atoms with Crippen molar-refractivity contribution in [2.24, 2.45) is 34.5 Å². The monoisotopic (exact) mass is 356 g/mol. The maximum Gasteiger partial charge on any atom is 0.0791 e. The van der Waals surface area contributed by atoms with E-state index in [1.54, 1.807) is 11.1 Å². The third-order valence-corrected chi connectivity index (χ3v) is 9.33. The van der Waals surface area contributed by atoms with Gasteiger partial charge in [-0.05, 0) is 91.4 Å². The van der Waals surface area contributed by atoms with Crippen LogP contribution in [0.5, 0.6) is 0 Å². The highest BCUT2D eigenvalue weighted by Gasteiger charge is 2.59. The number of rotatable bonds is 1. The molecule has 0 spiro atoms. The molecule has 3 fully saturated rings. The summed E-state index contributed by atoms with van der Waals surface area (Å²) in [4.78, 5) is 0. The molecular formula is C24H36O2. The number of hydrogen-bond acceptors (Lipinski definition) is 2. The molecule has 2 saturated carbocycles. The van der Waals surface area contributed by atoms with Crippen molar-refractivity contribution in [1.29, 1.82) is 0 Å². The molecule has 0 aromatic heterocycles. The first-order chi connectivity index (χ1) is 12.4. The Morgan fingerprint density at radius 2 is 1.88 bits per heavy atom. The Kier molecular flexibility index (Phi) is 4.00. The molecule has 0 aromatic carbocycles. The van der Waals surface area contributed by atoms with Crippen molar-refractivity contribution >= 4 is 0 Å². The van der Waals surface area contributed by atoms with E-state index in [1.807, 2.05) is 0 Å². The Labute approximate surface area is 159 Å². The molecule has 4 aliphatic carbocycles. The molecule has 1 N–H and O–H groups in total. The fourth-order valence-electron chi connectivity index (χ4n) is 7.93. The summed E-state index contributed by atoms with van der Waals surface area (Å²) < 4.78 is 6.12. The van der Waals surface area contributed by atoms with Crippen LogP contribution in [0.25, 0.3) is 0 Å². The van der Waals surface area contributed by atoms with Gasteiger partial charge in [0.05, 0.1) is 12.2 Å². The van der Waals surface area contributed by atoms with Crippen LogP contribution < -0.4 is 0 Å². The van der Waals surface area contributed by atoms with Gasteiger partial charge in [0.15, 0.2) is 0 Å². The Hall–Kier alpha value is -0.600. The van der Waals surface area contributed by atoms with Crippen LogP contribution in [0.2, 0.25) is 0 Å². The highest BCUT2D eigenvalue weighted by Crippen LogP contribution is 2.66. The predicted molar refractivity (Wildman–Crippen MR) is 105 cm³/mol. The summed E-state index contributed by atoms with van der Waals surface area (Å²) in [6.07, 6.45) is 15.0. The first-order valence-electron chi connectivity index (χ1n) is 11.1. The second-order valence-electron chi connectivity index (χ2n) is 10.5. The lowest BCUT2D eigenvalue weighted by atomic mass is 9.45. The highest BCUT2D eigenvalue weighted by atomic mass is 16.5. The van der Waals surface area contributed by atoms with Crippen LogP contribution in [0.1, 0.15) is 72.1 Å². The molecule has 0 radical (unpaired) electrons. The molecule has 2 nitrogen and oxygen atoms in total. The van der Waals surface area contributed by atoms with Crippen LogP contribution in [-0.4, -0.2) is 23.9 Å². The number of allylic oxidation sites excluding steroid dienone is 2. The quantitative estimate of drug-likeness (QED) is 0.648. The maximum atomic E-state index is 10.2. The third kappa shape index (κ3) is 2.30. The van der Waals surface area contributed by atoms with E-state index in [0.29, 0.717) is 22.9 Å². The van der Waals surface area contributed by atoms with E-state index in [1.165, 1.54) is 38.5 Å². The number of hydrogen-bond donors (Lipinski definition) is 1. The smallest absolute Gasteiger partial charge is 0.0791 e. The van der Waals surface area contributed by atoms with Gasteiger partial charge >= 0.3 is 0 Å². The minimum atomic E-state index is -0.105. The summed E-state index contributed by atoms with van der Waals surface area (Å²) in [7, 11) is 0. The van der Waals surface area contributed by atoms with Gasteiger partial charge in [-0.1, -0.05) is 38.5 Å². The second-order valence-corrected chi connectivity index (χ2v) is 10.5. The minimum absolute atomic E-state index is 0.105. The Balaban J connectivity index is 1.48. The van der Waals surface area contributed by atoms with Crippen molar-refractivity contribution in [3.8, 4) is 0 Å². The van der Waals surface area contributed by atoms with Gasteiger partial charge in [-0.25, -0.2) is 0 Å². The Bertz CT molecular complexity index is 643. The number of fused-ring (bicyclic) bond motifs is 5. The fraction of sp³-hybridized carbons (Fsp3) is 0.833. The van der Waals surface area contributed by atoms with Gasteiger partial charge in [0.25, 0.3) is 0 Å². The molecule has 0 aromatic rings. The van der Waals surface area contributed by atoms with Crippen LogP contribution >= 0.6 is 0 Å². The largest absolute Gasteiger partial charge is 0.393 e. The van der Waals surface area contributed by atoms with Crippen molar-refractivity contribution in [3.05, 3.63) is 23.3 Å². The molecule has 1 aliphatic heterocycles. The molecule has 1 saturated heterocycles. The van der Waals surface area contributed by atoms with Gasteiger partial charge in [-0.3, -0.25) is 0 Å². The lowest BCUT2D eigenvalue weighted by molar-refractivity contribution is -0.0531. The highest BCUT2D eigenvalue weighted by molar-refractivity contribution is 5.33. The summed E-state index contributed by atoms with van der Waals surface area (Å²) in [5.74, 6) is 3.04. The molecule has 26 heavy (non-hydrogen) atoms. The predicted octanol–water partition coefficient (Wildman–Crippen LogP) is 5.27. The molecular weight excluding hydrogens is 320 g/mol. The van der Waals surface area contributed by atoms with Crippen LogP contribution in [0, 0.1) is 34.5 Å². The van der Waals surface area contributed by atoms with E-state index in [9.17, 15) is 5.11 Å². The zero-order valence-electron chi connectivity index (χ0n) is 16.8. The first kappa shape index (κ1) is 17.5. The van der Waals surface area contributed by atoms with Crippen LogP contribution in [-0.2, 0) is 4.74 Å². The normalized spacial score (nSPS) is 53.4. The molecule has 3 unspecified atom stereocenters. The van der Waals surface area contributed by atoms with Gasteiger partial charge in [0.2, 0.25) is 0 Å². The molecule has 8 atom stereocenters. The molecule has 0 bridgehead atoms. The van der Waals surface area contributed by atoms with E-state index < -0.39 is 0 Å². The molecule has 5 rings (SSSR count). The van der Waals surface area contributed by atoms with E-state index in [-0.39, 0.29) is 6.10 Å². The first-order valence-corrected chi connectivity index (χ1v) is 11.1. The van der Waals surface area contributed by atoms with Crippen molar-refractivity contribution < 1.29 is 9.84 Å². The third-order valence-electron chi connectivity index (χ3n) is 9.33. The van der Waals surface area contributed by atoms with Crippen molar-refractivity contribution in [2.45, 2.75) is 84.3 Å². The molecule has 2 heteroatoms. The maximum absolute atomic E-state index is 10.2. The van der Waals surface area contributed by atoms with Gasteiger partial charge in [0, 0.05) is 6.61 Å². The van der Waals surface area contributed by atoms with Crippen LogP contribution in [0.4, 0.5) is 0 Å². The Morgan fingerprint density at radius 3 is 2.65 bits per heavy atom. The molecule has 5 aliphatic rings. The fourth-order valence-corrected chi connectivity index (χ4v) is 7.93. The second kappa shape index (κ2) is 5.95. The van der Waals surface area contributed by atoms with Crippen LogP contribution in [0.15, 0.2) is 23.3 Å². The average Bonchev–Trinajstić information content (AvgIpc) is 3.23. The minimum Gasteiger partial charge on any atom is -0.393 e. The summed E-state index contributed by atoms with van der Waals surface area (Å²) in [5, 5.41) is 10.2. The molecule has 144 valence electrons. The van der Waals surface area contributed by atoms with Crippen molar-refractivity contribution in [3.63, 3.8) is 0 Å². The van der Waals surface area contributed by atoms with Gasteiger partial charge < -0.3 is 9.84 Å². The van der Waals surface area contributed by atoms with E-state index >= 15 is 0 Å². The number of aliphatic hydroxyl groups excluding tert-OH is 1. The Morgan fingerprint density at radius 1 is 1.08 bits per heavy atom. The molecule has 1 heterocycles. The van der Waals surface area contributed by atoms with E-state index in [2.05, 4.69) is 32.9 Å². The van der Waals surface area contributed by atoms with Crippen molar-refractivity contribution in [2.75, 3.05) is 6.61 Å². The number of ether oxygens (including phenoxy) is 1. The lowest BCUT2D eigenvalue weighted by Gasteiger charge is -2.59. The van der Waals surface area contributed by atoms with Gasteiger partial charge in [-0.2, -0.15) is 0 Å². The summed E-state index contributed by atoms with van der Waals surface area (Å²) in [6, 6.07) is 0. The summed E-state index contributed by atoms with van der Waals surface area (Å²) in [6.45, 7) is 8.51. The van der Waals surface area contributed by atoms with Gasteiger partial charge in [0.1, 0.15) is 0 Å². The van der Waals surface area contributed by atoms with Crippen molar-refractivity contribution in [1.82, 2.24) is 0 Å². The lowest BCUT2D eigenvalue weighted by Crippen LogP contribution is -2.52. The average molecular weight is 357 g/mol. The topological polar surface area (TPSA) is 29.5 Å². The van der Waals surface area contributed by atoms with Gasteiger partial charge in [-0.15, -0.1) is 0 Å². The summed E-state index contributed by atoms with van der Waals surface area (Å²) in [5.41, 5.74) is 3.94. The molecule has 0 amide bonds. The van der Waals surface area contributed by atoms with Crippen LogP contribution in [0.3, 0.4) is 0 Å². The summed E-state index contributed by atoms with van der Waals surface area (Å²) >= 11 is 0. The van der Waals surface area contributed by atoms with E-state index in [4.69, 9.17) is 4.74 Å². The SMILES string of the molecule is CC1C=C2CC(O)CC[C@]2(C)[C@@H]2CC[C@]3(C)C(C4CCCO4)=CC[C@H]3[C@H]12. The zero-order chi connectivity index (χ0) is 18.1. The standard InChI is InChI=1S/C24H36O2/c1-15-13-16-14-17(25)8-10-23(16,2)20-9-11-24(3)18(21-5-4-12-26-21)6-7-19(24)22(15)20/h6,13,15,17,19-22,25H,4-5,7-12,14H2,1-3H3/t15?,17?,19-,20+,21?,22-,23-,24+/m0/s1. The number of aliphatic hydroxyl groups is 1.